The zero-order valence-electron chi connectivity index (χ0n) is 12.6. The average molecular weight is 316 g/mol. The van der Waals surface area contributed by atoms with Crippen LogP contribution in [0, 0.1) is 20.8 Å². The topological polar surface area (TPSA) is 83.2 Å². The van der Waals surface area contributed by atoms with Crippen LogP contribution in [0.1, 0.15) is 16.7 Å². The predicted molar refractivity (Wildman–Crippen MR) is 88.2 cm³/mol. The van der Waals surface area contributed by atoms with Gasteiger partial charge in [0.1, 0.15) is 5.70 Å². The minimum absolute atomic E-state index is 0.000272. The number of carbonyl (C=O) groups excluding carboxylic acids is 2. The molecule has 0 bridgehead atoms. The number of amides is 2. The van der Waals surface area contributed by atoms with E-state index in [0.717, 1.165) is 34.1 Å². The summed E-state index contributed by atoms with van der Waals surface area (Å²) in [4.78, 5) is 27.0. The third-order valence-corrected chi connectivity index (χ3v) is 3.81. The SMILES string of the molecule is C=C1N=NC(SCC(=O)Nc2c(C)cc(C)cc2C)=NC1=O. The number of hydrogen-bond acceptors (Lipinski definition) is 5. The first-order valence-corrected chi connectivity index (χ1v) is 7.59. The minimum Gasteiger partial charge on any atom is -0.325 e. The van der Waals surface area contributed by atoms with Crippen molar-refractivity contribution in [1.82, 2.24) is 0 Å². The van der Waals surface area contributed by atoms with Crippen molar-refractivity contribution in [2.75, 3.05) is 11.1 Å². The summed E-state index contributed by atoms with van der Waals surface area (Å²) in [6.07, 6.45) is 0. The maximum absolute atomic E-state index is 12.0. The number of aryl methyl sites for hydroxylation is 3. The van der Waals surface area contributed by atoms with Crippen molar-refractivity contribution in [3.8, 4) is 0 Å². The molecule has 22 heavy (non-hydrogen) atoms. The fraction of sp³-hybridized carbons (Fsp3) is 0.267. The fourth-order valence-corrected chi connectivity index (χ4v) is 2.64. The van der Waals surface area contributed by atoms with Gasteiger partial charge in [0.15, 0.2) is 0 Å². The molecule has 1 aromatic rings. The Labute approximate surface area is 132 Å². The number of benzene rings is 1. The van der Waals surface area contributed by atoms with Gasteiger partial charge in [0.2, 0.25) is 11.1 Å². The van der Waals surface area contributed by atoms with Gasteiger partial charge in [-0.25, -0.2) is 0 Å². The number of hydrogen-bond donors (Lipinski definition) is 1. The number of carbonyl (C=O) groups is 2. The normalized spacial score (nSPS) is 14.0. The second kappa shape index (κ2) is 6.65. The summed E-state index contributed by atoms with van der Waals surface area (Å²) in [5.41, 5.74) is 3.99. The molecule has 2 amide bonds. The Morgan fingerprint density at radius 3 is 2.45 bits per heavy atom. The Morgan fingerprint density at radius 1 is 1.23 bits per heavy atom. The Hall–Kier alpha value is -2.28. The molecule has 0 unspecified atom stereocenters. The number of thioether (sulfide) groups is 1. The third-order valence-electron chi connectivity index (χ3n) is 2.97. The van der Waals surface area contributed by atoms with Gasteiger partial charge in [0.25, 0.3) is 5.91 Å². The molecule has 7 heteroatoms. The van der Waals surface area contributed by atoms with Crippen LogP contribution in [-0.4, -0.2) is 22.7 Å². The molecule has 1 aromatic carbocycles. The molecule has 0 saturated carbocycles. The molecule has 0 saturated heterocycles. The highest BCUT2D eigenvalue weighted by atomic mass is 32.2. The van der Waals surface area contributed by atoms with Gasteiger partial charge in [-0.15, -0.1) is 10.2 Å². The maximum atomic E-state index is 12.0. The van der Waals surface area contributed by atoms with E-state index in [2.05, 4.69) is 27.1 Å². The molecule has 0 aromatic heterocycles. The van der Waals surface area contributed by atoms with E-state index in [0.29, 0.717) is 0 Å². The van der Waals surface area contributed by atoms with Crippen LogP contribution >= 0.6 is 11.8 Å². The van der Waals surface area contributed by atoms with Crippen LogP contribution in [0.3, 0.4) is 0 Å². The first-order chi connectivity index (χ1) is 10.4. The molecule has 1 heterocycles. The quantitative estimate of drug-likeness (QED) is 0.869. The van der Waals surface area contributed by atoms with Gasteiger partial charge < -0.3 is 5.32 Å². The number of anilines is 1. The van der Waals surface area contributed by atoms with Gasteiger partial charge >= 0.3 is 0 Å². The summed E-state index contributed by atoms with van der Waals surface area (Å²) in [6.45, 7) is 9.32. The smallest absolute Gasteiger partial charge is 0.299 e. The molecule has 0 spiro atoms. The van der Waals surface area contributed by atoms with E-state index in [1.54, 1.807) is 0 Å². The van der Waals surface area contributed by atoms with Crippen molar-refractivity contribution in [2.24, 2.45) is 15.2 Å². The number of amidine groups is 1. The molecule has 114 valence electrons. The molecule has 1 aliphatic rings. The van der Waals surface area contributed by atoms with Gasteiger partial charge in [0, 0.05) is 5.69 Å². The highest BCUT2D eigenvalue weighted by Gasteiger charge is 2.15. The first-order valence-electron chi connectivity index (χ1n) is 6.61. The molecule has 2 rings (SSSR count). The van der Waals surface area contributed by atoms with Gasteiger partial charge in [0.05, 0.1) is 5.75 Å². The lowest BCUT2D eigenvalue weighted by Gasteiger charge is -2.12. The number of nitrogens with one attached hydrogen (secondary N) is 1. The summed E-state index contributed by atoms with van der Waals surface area (Å²) in [7, 11) is 0. The number of rotatable bonds is 3. The van der Waals surface area contributed by atoms with E-state index in [1.165, 1.54) is 0 Å². The van der Waals surface area contributed by atoms with E-state index in [1.807, 2.05) is 32.9 Å². The van der Waals surface area contributed by atoms with E-state index in [-0.39, 0.29) is 22.5 Å². The average Bonchev–Trinajstić information content (AvgIpc) is 2.44. The lowest BCUT2D eigenvalue weighted by Crippen LogP contribution is -2.17. The van der Waals surface area contributed by atoms with Crippen molar-refractivity contribution in [1.29, 1.82) is 0 Å². The third kappa shape index (κ3) is 3.88. The zero-order valence-corrected chi connectivity index (χ0v) is 13.5. The molecule has 1 aliphatic heterocycles. The predicted octanol–water partition coefficient (Wildman–Crippen LogP) is 3.15. The lowest BCUT2D eigenvalue weighted by atomic mass is 10.1. The monoisotopic (exact) mass is 316 g/mol. The van der Waals surface area contributed by atoms with Crippen molar-refractivity contribution in [2.45, 2.75) is 20.8 Å². The van der Waals surface area contributed by atoms with Crippen molar-refractivity contribution in [3.63, 3.8) is 0 Å². The number of aliphatic imine (C=N–C) groups is 1. The lowest BCUT2D eigenvalue weighted by molar-refractivity contribution is -0.115. The molecule has 0 fully saturated rings. The fourth-order valence-electron chi connectivity index (χ4n) is 2.06. The molecular weight excluding hydrogens is 300 g/mol. The Morgan fingerprint density at radius 2 is 1.86 bits per heavy atom. The van der Waals surface area contributed by atoms with E-state index in [4.69, 9.17) is 0 Å². The number of azo groups is 1. The van der Waals surface area contributed by atoms with Gasteiger partial charge in [-0.1, -0.05) is 36.0 Å². The number of nitrogens with zero attached hydrogens (tertiary/aromatic N) is 3. The van der Waals surface area contributed by atoms with Crippen LogP contribution in [-0.2, 0) is 9.59 Å². The van der Waals surface area contributed by atoms with Crippen molar-refractivity contribution in [3.05, 3.63) is 41.1 Å². The molecule has 0 radical (unpaired) electrons. The highest BCUT2D eigenvalue weighted by molar-refractivity contribution is 8.14. The van der Waals surface area contributed by atoms with Crippen LogP contribution < -0.4 is 5.32 Å². The Bertz CT molecular complexity index is 699. The van der Waals surface area contributed by atoms with E-state index >= 15 is 0 Å². The molecular formula is C15H16N4O2S. The van der Waals surface area contributed by atoms with Crippen LogP contribution in [0.25, 0.3) is 0 Å². The standard InChI is InChI=1S/C15H16N4O2S/c1-8-5-9(2)13(10(3)6-8)16-12(20)7-22-15-17-14(21)11(4)18-19-15/h5-6H,4,7H2,1-3H3,(H,16,20). The summed E-state index contributed by atoms with van der Waals surface area (Å²) < 4.78 is 0. The highest BCUT2D eigenvalue weighted by Crippen LogP contribution is 2.22. The van der Waals surface area contributed by atoms with Crippen LogP contribution in [0.2, 0.25) is 0 Å². The summed E-state index contributed by atoms with van der Waals surface area (Å²) >= 11 is 1.06. The Balaban J connectivity index is 1.97. The largest absolute Gasteiger partial charge is 0.325 e. The van der Waals surface area contributed by atoms with Gasteiger partial charge in [-0.2, -0.15) is 4.99 Å². The van der Waals surface area contributed by atoms with Crippen LogP contribution in [0.4, 0.5) is 5.69 Å². The van der Waals surface area contributed by atoms with Crippen LogP contribution in [0.15, 0.2) is 39.6 Å². The zero-order chi connectivity index (χ0) is 16.3. The maximum Gasteiger partial charge on any atom is 0.299 e. The summed E-state index contributed by atoms with van der Waals surface area (Å²) in [6, 6.07) is 4.03. The molecule has 1 N–H and O–H groups in total. The van der Waals surface area contributed by atoms with E-state index in [9.17, 15) is 9.59 Å². The summed E-state index contributed by atoms with van der Waals surface area (Å²) in [5.74, 6) is -0.609. The van der Waals surface area contributed by atoms with Gasteiger partial charge in [-0.05, 0) is 31.9 Å². The second-order valence-corrected chi connectivity index (χ2v) is 5.90. The summed E-state index contributed by atoms with van der Waals surface area (Å²) in [5, 5.41) is 10.4. The second-order valence-electron chi connectivity index (χ2n) is 4.96. The molecule has 0 aliphatic carbocycles. The van der Waals surface area contributed by atoms with E-state index < -0.39 is 5.91 Å². The molecule has 6 nitrogen and oxygen atoms in total. The van der Waals surface area contributed by atoms with Gasteiger partial charge in [-0.3, -0.25) is 9.59 Å². The molecule has 0 atom stereocenters. The van der Waals surface area contributed by atoms with Crippen LogP contribution in [0.5, 0.6) is 0 Å². The van der Waals surface area contributed by atoms with Crippen molar-refractivity contribution < 1.29 is 9.59 Å². The first kappa shape index (κ1) is 16.1. The Kier molecular flexibility index (Phi) is 4.87. The van der Waals surface area contributed by atoms with Crippen molar-refractivity contribution >= 4 is 34.4 Å². The minimum atomic E-state index is -0.525.